The number of methoxy groups -OCH3 is 1. The average Bonchev–Trinajstić information content (AvgIpc) is 2.44. The van der Waals surface area contributed by atoms with Gasteiger partial charge in [0.2, 0.25) is 0 Å². The zero-order chi connectivity index (χ0) is 13.7. The van der Waals surface area contributed by atoms with Crippen LogP contribution in [0, 0.1) is 0 Å². The molecule has 1 heterocycles. The molecule has 4 nitrogen and oxygen atoms in total. The molecule has 1 unspecified atom stereocenters. The highest BCUT2D eigenvalue weighted by Gasteiger charge is 2.21. The first kappa shape index (κ1) is 14.0. The number of hydrogen-bond donors (Lipinski definition) is 1. The van der Waals surface area contributed by atoms with Crippen LogP contribution in [0.1, 0.15) is 26.2 Å². The van der Waals surface area contributed by atoms with Crippen molar-refractivity contribution in [3.05, 3.63) is 18.2 Å². The molecule has 1 aliphatic rings. The molecular weight excluding hydrogens is 240 g/mol. The van der Waals surface area contributed by atoms with Crippen molar-refractivity contribution in [2.24, 2.45) is 0 Å². The maximum absolute atomic E-state index is 5.92. The van der Waals surface area contributed by atoms with E-state index >= 15 is 0 Å². The molecule has 2 N–H and O–H groups in total. The van der Waals surface area contributed by atoms with Crippen molar-refractivity contribution < 1.29 is 9.47 Å². The first-order valence-electron chi connectivity index (χ1n) is 7.04. The largest absolute Gasteiger partial charge is 0.497 e. The van der Waals surface area contributed by atoms with E-state index in [1.54, 1.807) is 7.11 Å². The third-order valence-electron chi connectivity index (χ3n) is 3.45. The van der Waals surface area contributed by atoms with E-state index in [4.69, 9.17) is 15.2 Å². The fourth-order valence-corrected chi connectivity index (χ4v) is 2.50. The molecule has 0 aliphatic carbocycles. The van der Waals surface area contributed by atoms with Crippen LogP contribution in [0.4, 0.5) is 11.4 Å². The minimum atomic E-state index is 0.334. The molecule has 0 spiro atoms. The highest BCUT2D eigenvalue weighted by Crippen LogP contribution is 2.28. The Morgan fingerprint density at radius 1 is 1.37 bits per heavy atom. The number of rotatable bonds is 5. The number of piperidine rings is 1. The summed E-state index contributed by atoms with van der Waals surface area (Å²) < 4.78 is 11.1. The molecule has 19 heavy (non-hydrogen) atoms. The number of anilines is 2. The summed E-state index contributed by atoms with van der Waals surface area (Å²) in [5.41, 5.74) is 7.79. The number of nitrogens with zero attached hydrogens (tertiary/aromatic N) is 1. The zero-order valence-corrected chi connectivity index (χ0v) is 11.9. The number of benzene rings is 1. The first-order valence-corrected chi connectivity index (χ1v) is 7.04. The summed E-state index contributed by atoms with van der Waals surface area (Å²) in [5.74, 6) is 0.812. The van der Waals surface area contributed by atoms with E-state index in [0.717, 1.165) is 56.1 Å². The van der Waals surface area contributed by atoms with Crippen LogP contribution in [0.15, 0.2) is 18.2 Å². The van der Waals surface area contributed by atoms with Crippen molar-refractivity contribution in [2.45, 2.75) is 32.3 Å². The number of nitrogens with two attached hydrogens (primary N) is 1. The smallest absolute Gasteiger partial charge is 0.122 e. The molecule has 2 rings (SSSR count). The van der Waals surface area contributed by atoms with Crippen LogP contribution in [-0.4, -0.2) is 32.9 Å². The summed E-state index contributed by atoms with van der Waals surface area (Å²) in [7, 11) is 1.67. The van der Waals surface area contributed by atoms with Gasteiger partial charge in [0, 0.05) is 43.2 Å². The van der Waals surface area contributed by atoms with Crippen LogP contribution < -0.4 is 15.4 Å². The van der Waals surface area contributed by atoms with Crippen molar-refractivity contribution in [1.82, 2.24) is 0 Å². The van der Waals surface area contributed by atoms with Gasteiger partial charge in [-0.05, 0) is 25.3 Å². The lowest BCUT2D eigenvalue weighted by atomic mass is 10.1. The summed E-state index contributed by atoms with van der Waals surface area (Å²) in [4.78, 5) is 2.34. The van der Waals surface area contributed by atoms with Crippen LogP contribution in [0.2, 0.25) is 0 Å². The second kappa shape index (κ2) is 6.66. The van der Waals surface area contributed by atoms with E-state index in [1.165, 1.54) is 0 Å². The molecule has 0 radical (unpaired) electrons. The van der Waals surface area contributed by atoms with Crippen LogP contribution in [0.3, 0.4) is 0 Å². The molecule has 1 aromatic carbocycles. The Morgan fingerprint density at radius 2 is 2.21 bits per heavy atom. The fraction of sp³-hybridized carbons (Fsp3) is 0.600. The summed E-state index contributed by atoms with van der Waals surface area (Å²) in [6, 6.07) is 5.89. The molecular formula is C15H24N2O2. The van der Waals surface area contributed by atoms with Gasteiger partial charge in [0.25, 0.3) is 0 Å². The maximum Gasteiger partial charge on any atom is 0.122 e. The third-order valence-corrected chi connectivity index (χ3v) is 3.45. The van der Waals surface area contributed by atoms with Gasteiger partial charge in [-0.25, -0.2) is 0 Å². The van der Waals surface area contributed by atoms with Crippen LogP contribution in [0.25, 0.3) is 0 Å². The molecule has 1 atom stereocenters. The summed E-state index contributed by atoms with van der Waals surface area (Å²) >= 11 is 0. The highest BCUT2D eigenvalue weighted by molar-refractivity contribution is 5.60. The zero-order valence-electron chi connectivity index (χ0n) is 11.9. The van der Waals surface area contributed by atoms with Crippen molar-refractivity contribution in [3.63, 3.8) is 0 Å². The Labute approximate surface area is 115 Å². The van der Waals surface area contributed by atoms with E-state index < -0.39 is 0 Å². The Bertz CT molecular complexity index is 409. The molecule has 0 amide bonds. The molecule has 1 aliphatic heterocycles. The normalized spacial score (nSPS) is 19.5. The molecule has 106 valence electrons. The van der Waals surface area contributed by atoms with Crippen molar-refractivity contribution in [2.75, 3.05) is 37.4 Å². The molecule has 1 aromatic rings. The van der Waals surface area contributed by atoms with Crippen LogP contribution >= 0.6 is 0 Å². The Hall–Kier alpha value is -1.42. The van der Waals surface area contributed by atoms with Gasteiger partial charge in [0.1, 0.15) is 5.75 Å². The highest BCUT2D eigenvalue weighted by atomic mass is 16.5. The summed E-state index contributed by atoms with van der Waals surface area (Å²) in [6.07, 6.45) is 3.71. The van der Waals surface area contributed by atoms with Crippen LogP contribution in [-0.2, 0) is 4.74 Å². The quantitative estimate of drug-likeness (QED) is 0.831. The number of ether oxygens (including phenoxy) is 2. The van der Waals surface area contributed by atoms with E-state index in [0.29, 0.717) is 6.10 Å². The molecule has 1 saturated heterocycles. The predicted molar refractivity (Wildman–Crippen MR) is 78.9 cm³/mol. The van der Waals surface area contributed by atoms with Gasteiger partial charge in [-0.3, -0.25) is 0 Å². The fourth-order valence-electron chi connectivity index (χ4n) is 2.50. The number of nitrogen functional groups attached to an aromatic ring is 1. The monoisotopic (exact) mass is 264 g/mol. The lowest BCUT2D eigenvalue weighted by Gasteiger charge is -2.34. The topological polar surface area (TPSA) is 47.7 Å². The van der Waals surface area contributed by atoms with Gasteiger partial charge in [0.15, 0.2) is 0 Å². The lowest BCUT2D eigenvalue weighted by molar-refractivity contribution is 0.0440. The van der Waals surface area contributed by atoms with Crippen molar-refractivity contribution >= 4 is 11.4 Å². The number of hydrogen-bond acceptors (Lipinski definition) is 4. The van der Waals surface area contributed by atoms with E-state index in [9.17, 15) is 0 Å². The molecule has 1 fully saturated rings. The first-order chi connectivity index (χ1) is 9.22. The molecule has 4 heteroatoms. The minimum absolute atomic E-state index is 0.334. The second-order valence-electron chi connectivity index (χ2n) is 5.05. The van der Waals surface area contributed by atoms with Crippen molar-refractivity contribution in [3.8, 4) is 5.75 Å². The lowest BCUT2D eigenvalue weighted by Crippen LogP contribution is -2.39. The van der Waals surface area contributed by atoms with Gasteiger partial charge in [0.05, 0.1) is 13.2 Å². The maximum atomic E-state index is 5.92. The second-order valence-corrected chi connectivity index (χ2v) is 5.05. The van der Waals surface area contributed by atoms with E-state index in [1.807, 2.05) is 18.2 Å². The molecule has 0 bridgehead atoms. The summed E-state index contributed by atoms with van der Waals surface area (Å²) in [6.45, 7) is 4.98. The van der Waals surface area contributed by atoms with Crippen LogP contribution in [0.5, 0.6) is 5.75 Å². The summed E-state index contributed by atoms with van der Waals surface area (Å²) in [5, 5.41) is 0. The SMILES string of the molecule is CCCOC1CCCN(c2cc(N)cc(OC)c2)C1. The van der Waals surface area contributed by atoms with Gasteiger partial charge >= 0.3 is 0 Å². The standard InChI is InChI=1S/C15H24N2O2/c1-3-7-19-14-5-4-6-17(11-14)13-8-12(16)9-15(10-13)18-2/h8-10,14H,3-7,11,16H2,1-2H3. The van der Waals surface area contributed by atoms with Gasteiger partial charge in [-0.2, -0.15) is 0 Å². The third kappa shape index (κ3) is 3.77. The van der Waals surface area contributed by atoms with Gasteiger partial charge < -0.3 is 20.1 Å². The van der Waals surface area contributed by atoms with Gasteiger partial charge in [-0.1, -0.05) is 6.92 Å². The van der Waals surface area contributed by atoms with Crippen molar-refractivity contribution in [1.29, 1.82) is 0 Å². The molecule has 0 aromatic heterocycles. The Morgan fingerprint density at radius 3 is 2.95 bits per heavy atom. The minimum Gasteiger partial charge on any atom is -0.497 e. The predicted octanol–water partition coefficient (Wildman–Crippen LogP) is 2.67. The van der Waals surface area contributed by atoms with Gasteiger partial charge in [-0.15, -0.1) is 0 Å². The Kier molecular flexibility index (Phi) is 4.91. The van der Waals surface area contributed by atoms with E-state index in [-0.39, 0.29) is 0 Å². The Balaban J connectivity index is 2.06. The van der Waals surface area contributed by atoms with E-state index in [2.05, 4.69) is 11.8 Å². The average molecular weight is 264 g/mol. The molecule has 0 saturated carbocycles.